The molecule has 3 heteroatoms. The van der Waals surface area contributed by atoms with Crippen LogP contribution in [0.15, 0.2) is 24.3 Å². The molecule has 92 valence electrons. The molecule has 1 aromatic carbocycles. The van der Waals surface area contributed by atoms with Crippen LogP contribution in [0, 0.1) is 12.8 Å². The van der Waals surface area contributed by atoms with Crippen molar-refractivity contribution in [2.45, 2.75) is 44.4 Å². The number of hydrogen-bond acceptors (Lipinski definition) is 3. The number of aryl methyl sites for hydroxylation is 1. The molecule has 0 radical (unpaired) electrons. The number of nitrogens with two attached hydrogens (primary N) is 1. The van der Waals surface area contributed by atoms with E-state index in [1.54, 1.807) is 0 Å². The Bertz CT molecular complexity index is 390. The van der Waals surface area contributed by atoms with Gasteiger partial charge in [0.2, 0.25) is 0 Å². The molecule has 0 spiro atoms. The van der Waals surface area contributed by atoms with Crippen LogP contribution in [-0.4, -0.2) is 12.2 Å². The highest BCUT2D eigenvalue weighted by atomic mass is 16.5. The molecule has 0 amide bonds. The fourth-order valence-electron chi connectivity index (χ4n) is 3.27. The van der Waals surface area contributed by atoms with Crippen LogP contribution in [-0.2, 0) is 4.74 Å². The molecule has 3 nitrogen and oxygen atoms in total. The Kier molecular flexibility index (Phi) is 2.90. The van der Waals surface area contributed by atoms with Gasteiger partial charge in [-0.2, -0.15) is 0 Å². The SMILES string of the molecule is Cc1ccc(C(NN)C2CC3CCC2O3)cc1. The molecule has 17 heavy (non-hydrogen) atoms. The van der Waals surface area contributed by atoms with Crippen LogP contribution in [0.3, 0.4) is 0 Å². The van der Waals surface area contributed by atoms with Gasteiger partial charge in [-0.1, -0.05) is 29.8 Å². The molecule has 1 aromatic rings. The fourth-order valence-corrected chi connectivity index (χ4v) is 3.27. The summed E-state index contributed by atoms with van der Waals surface area (Å²) in [7, 11) is 0. The van der Waals surface area contributed by atoms with E-state index >= 15 is 0 Å². The van der Waals surface area contributed by atoms with Gasteiger partial charge in [0.15, 0.2) is 0 Å². The molecule has 3 rings (SSSR count). The lowest BCUT2D eigenvalue weighted by Gasteiger charge is -2.28. The van der Waals surface area contributed by atoms with Gasteiger partial charge < -0.3 is 4.74 Å². The minimum Gasteiger partial charge on any atom is -0.375 e. The molecule has 2 aliphatic rings. The van der Waals surface area contributed by atoms with Crippen LogP contribution in [0.25, 0.3) is 0 Å². The summed E-state index contributed by atoms with van der Waals surface area (Å²) in [6.07, 6.45) is 4.45. The quantitative estimate of drug-likeness (QED) is 0.619. The highest BCUT2D eigenvalue weighted by Crippen LogP contribution is 2.44. The largest absolute Gasteiger partial charge is 0.375 e. The number of nitrogens with one attached hydrogen (secondary N) is 1. The van der Waals surface area contributed by atoms with Crippen LogP contribution in [0.2, 0.25) is 0 Å². The van der Waals surface area contributed by atoms with Crippen molar-refractivity contribution in [3.05, 3.63) is 35.4 Å². The molecule has 0 aliphatic carbocycles. The van der Waals surface area contributed by atoms with E-state index in [-0.39, 0.29) is 6.04 Å². The molecular weight excluding hydrogens is 212 g/mol. The first-order chi connectivity index (χ1) is 8.28. The molecular formula is C14H20N2O. The minimum absolute atomic E-state index is 0.228. The third kappa shape index (κ3) is 1.99. The number of hydrogen-bond donors (Lipinski definition) is 2. The van der Waals surface area contributed by atoms with E-state index in [2.05, 4.69) is 36.6 Å². The lowest BCUT2D eigenvalue weighted by molar-refractivity contribution is 0.0857. The van der Waals surface area contributed by atoms with E-state index in [1.165, 1.54) is 24.0 Å². The first kappa shape index (κ1) is 11.2. The van der Waals surface area contributed by atoms with Crippen molar-refractivity contribution in [3.63, 3.8) is 0 Å². The Balaban J connectivity index is 1.81. The second-order valence-electron chi connectivity index (χ2n) is 5.33. The van der Waals surface area contributed by atoms with Crippen molar-refractivity contribution >= 4 is 0 Å². The van der Waals surface area contributed by atoms with Crippen LogP contribution in [0.1, 0.15) is 36.4 Å². The van der Waals surface area contributed by atoms with E-state index in [0.717, 1.165) is 6.42 Å². The molecule has 4 unspecified atom stereocenters. The van der Waals surface area contributed by atoms with Crippen LogP contribution in [0.5, 0.6) is 0 Å². The molecule has 2 aliphatic heterocycles. The summed E-state index contributed by atoms with van der Waals surface area (Å²) in [4.78, 5) is 0. The Hall–Kier alpha value is -0.900. The molecule has 2 saturated heterocycles. The summed E-state index contributed by atoms with van der Waals surface area (Å²) in [5.41, 5.74) is 5.55. The summed E-state index contributed by atoms with van der Waals surface area (Å²) in [6.45, 7) is 2.11. The maximum absolute atomic E-state index is 5.92. The van der Waals surface area contributed by atoms with Gasteiger partial charge in [0.25, 0.3) is 0 Å². The van der Waals surface area contributed by atoms with Crippen molar-refractivity contribution in [1.82, 2.24) is 5.43 Å². The van der Waals surface area contributed by atoms with Crippen LogP contribution < -0.4 is 11.3 Å². The minimum atomic E-state index is 0.228. The molecule has 0 aromatic heterocycles. The third-order valence-electron chi connectivity index (χ3n) is 4.20. The summed E-state index contributed by atoms with van der Waals surface area (Å²) in [6, 6.07) is 8.87. The van der Waals surface area contributed by atoms with E-state index in [4.69, 9.17) is 10.6 Å². The van der Waals surface area contributed by atoms with E-state index < -0.39 is 0 Å². The number of hydrazine groups is 1. The van der Waals surface area contributed by atoms with Crippen molar-refractivity contribution < 1.29 is 4.74 Å². The van der Waals surface area contributed by atoms with Gasteiger partial charge in [-0.15, -0.1) is 0 Å². The maximum Gasteiger partial charge on any atom is 0.0627 e. The lowest BCUT2D eigenvalue weighted by atomic mass is 9.81. The Morgan fingerprint density at radius 3 is 2.59 bits per heavy atom. The van der Waals surface area contributed by atoms with Crippen molar-refractivity contribution in [3.8, 4) is 0 Å². The Morgan fingerprint density at radius 1 is 1.29 bits per heavy atom. The van der Waals surface area contributed by atoms with Crippen molar-refractivity contribution in [2.24, 2.45) is 11.8 Å². The second kappa shape index (κ2) is 4.41. The number of benzene rings is 1. The van der Waals surface area contributed by atoms with Gasteiger partial charge in [-0.25, -0.2) is 0 Å². The zero-order chi connectivity index (χ0) is 11.8. The zero-order valence-corrected chi connectivity index (χ0v) is 10.2. The van der Waals surface area contributed by atoms with Gasteiger partial charge in [-0.05, 0) is 31.7 Å². The standard InChI is InChI=1S/C14H20N2O/c1-9-2-4-10(5-3-9)14(16-15)12-8-11-6-7-13(12)17-11/h2-5,11-14,16H,6-8,15H2,1H3. The smallest absolute Gasteiger partial charge is 0.0627 e. The average Bonchev–Trinajstić information content (AvgIpc) is 2.95. The first-order valence-corrected chi connectivity index (χ1v) is 6.46. The lowest BCUT2D eigenvalue weighted by Crippen LogP contribution is -2.37. The van der Waals surface area contributed by atoms with Gasteiger partial charge in [0.1, 0.15) is 0 Å². The number of ether oxygens (including phenoxy) is 1. The summed E-state index contributed by atoms with van der Waals surface area (Å²) >= 11 is 0. The van der Waals surface area contributed by atoms with Gasteiger partial charge in [0.05, 0.1) is 18.2 Å². The fraction of sp³-hybridized carbons (Fsp3) is 0.571. The predicted molar refractivity (Wildman–Crippen MR) is 67.2 cm³/mol. The Labute approximate surface area is 102 Å². The highest BCUT2D eigenvalue weighted by molar-refractivity contribution is 5.25. The zero-order valence-electron chi connectivity index (χ0n) is 10.2. The molecule has 2 bridgehead atoms. The summed E-state index contributed by atoms with van der Waals surface area (Å²) in [5, 5.41) is 0. The van der Waals surface area contributed by atoms with E-state index in [1.807, 2.05) is 0 Å². The van der Waals surface area contributed by atoms with Gasteiger partial charge in [-0.3, -0.25) is 11.3 Å². The van der Waals surface area contributed by atoms with E-state index in [9.17, 15) is 0 Å². The number of fused-ring (bicyclic) bond motifs is 2. The predicted octanol–water partition coefficient (Wildman–Crippen LogP) is 2.07. The number of rotatable bonds is 3. The van der Waals surface area contributed by atoms with Crippen LogP contribution >= 0.6 is 0 Å². The molecule has 0 saturated carbocycles. The van der Waals surface area contributed by atoms with Crippen molar-refractivity contribution in [2.75, 3.05) is 0 Å². The van der Waals surface area contributed by atoms with Crippen LogP contribution in [0.4, 0.5) is 0 Å². The normalized spacial score (nSPS) is 32.9. The maximum atomic E-state index is 5.92. The highest BCUT2D eigenvalue weighted by Gasteiger charge is 2.44. The monoisotopic (exact) mass is 232 g/mol. The summed E-state index contributed by atoms with van der Waals surface area (Å²) in [5.74, 6) is 6.28. The average molecular weight is 232 g/mol. The molecule has 2 fully saturated rings. The summed E-state index contributed by atoms with van der Waals surface area (Å²) < 4.78 is 5.92. The van der Waals surface area contributed by atoms with Gasteiger partial charge >= 0.3 is 0 Å². The van der Waals surface area contributed by atoms with Gasteiger partial charge in [0, 0.05) is 5.92 Å². The first-order valence-electron chi connectivity index (χ1n) is 6.46. The topological polar surface area (TPSA) is 47.3 Å². The molecule has 2 heterocycles. The second-order valence-corrected chi connectivity index (χ2v) is 5.33. The molecule has 4 atom stereocenters. The molecule has 3 N–H and O–H groups in total. The Morgan fingerprint density at radius 2 is 2.06 bits per heavy atom. The van der Waals surface area contributed by atoms with E-state index in [0.29, 0.717) is 18.1 Å². The van der Waals surface area contributed by atoms with Crippen molar-refractivity contribution in [1.29, 1.82) is 0 Å². The third-order valence-corrected chi connectivity index (χ3v) is 4.20.